The highest BCUT2D eigenvalue weighted by Crippen LogP contribution is 2.26. The van der Waals surface area contributed by atoms with Crippen molar-refractivity contribution in [2.24, 2.45) is 0 Å². The molecule has 0 saturated heterocycles. The van der Waals surface area contributed by atoms with Gasteiger partial charge in [-0.15, -0.1) is 0 Å². The quantitative estimate of drug-likeness (QED) is 0.863. The molecular formula is C14H14BrClN2O3. The van der Waals surface area contributed by atoms with E-state index in [2.05, 4.69) is 21.0 Å². The largest absolute Gasteiger partial charge is 0.486 e. The zero-order valence-corrected chi connectivity index (χ0v) is 13.9. The molecule has 0 radical (unpaired) electrons. The SMILES string of the molecule is CCn1nc(C)c(Cl)c1COc1ccc(Br)cc1C(=O)O. The lowest BCUT2D eigenvalue weighted by molar-refractivity contribution is 0.0691. The predicted molar refractivity (Wildman–Crippen MR) is 83.1 cm³/mol. The molecule has 112 valence electrons. The first-order valence-electron chi connectivity index (χ1n) is 6.31. The lowest BCUT2D eigenvalue weighted by Crippen LogP contribution is -2.08. The Kier molecular flexibility index (Phi) is 4.90. The Labute approximate surface area is 135 Å². The summed E-state index contributed by atoms with van der Waals surface area (Å²) in [5, 5.41) is 14.0. The minimum Gasteiger partial charge on any atom is -0.486 e. The Morgan fingerprint density at radius 1 is 1.52 bits per heavy atom. The molecule has 21 heavy (non-hydrogen) atoms. The van der Waals surface area contributed by atoms with Gasteiger partial charge in [-0.25, -0.2) is 4.79 Å². The molecule has 1 N–H and O–H groups in total. The molecule has 0 amide bonds. The monoisotopic (exact) mass is 372 g/mol. The molecule has 1 aromatic heterocycles. The van der Waals surface area contributed by atoms with Crippen LogP contribution in [0.15, 0.2) is 22.7 Å². The minimum atomic E-state index is -1.04. The van der Waals surface area contributed by atoms with E-state index in [9.17, 15) is 9.90 Å². The molecule has 1 aromatic carbocycles. The fourth-order valence-electron chi connectivity index (χ4n) is 1.95. The Hall–Kier alpha value is -1.53. The van der Waals surface area contributed by atoms with Crippen LogP contribution in [0.25, 0.3) is 0 Å². The second kappa shape index (κ2) is 6.49. The number of aromatic nitrogens is 2. The van der Waals surface area contributed by atoms with E-state index in [0.29, 0.717) is 21.8 Å². The Morgan fingerprint density at radius 3 is 2.86 bits per heavy atom. The highest BCUT2D eigenvalue weighted by Gasteiger charge is 2.16. The third-order valence-electron chi connectivity index (χ3n) is 2.99. The molecule has 2 aromatic rings. The van der Waals surface area contributed by atoms with Crippen molar-refractivity contribution in [1.29, 1.82) is 0 Å². The van der Waals surface area contributed by atoms with E-state index >= 15 is 0 Å². The maximum Gasteiger partial charge on any atom is 0.339 e. The van der Waals surface area contributed by atoms with Crippen LogP contribution in [0, 0.1) is 6.92 Å². The van der Waals surface area contributed by atoms with E-state index < -0.39 is 5.97 Å². The van der Waals surface area contributed by atoms with Crippen molar-refractivity contribution in [2.45, 2.75) is 27.0 Å². The third-order valence-corrected chi connectivity index (χ3v) is 3.97. The van der Waals surface area contributed by atoms with Gasteiger partial charge in [0.2, 0.25) is 0 Å². The fourth-order valence-corrected chi connectivity index (χ4v) is 2.50. The molecule has 0 bridgehead atoms. The molecule has 7 heteroatoms. The summed E-state index contributed by atoms with van der Waals surface area (Å²) in [6.07, 6.45) is 0. The zero-order chi connectivity index (χ0) is 15.6. The summed E-state index contributed by atoms with van der Waals surface area (Å²) in [6, 6.07) is 4.84. The Bertz CT molecular complexity index is 685. The smallest absolute Gasteiger partial charge is 0.339 e. The summed E-state index contributed by atoms with van der Waals surface area (Å²) in [5.41, 5.74) is 1.56. The number of hydrogen-bond acceptors (Lipinski definition) is 3. The maximum atomic E-state index is 11.2. The molecule has 0 saturated carbocycles. The van der Waals surface area contributed by atoms with Crippen molar-refractivity contribution >= 4 is 33.5 Å². The van der Waals surface area contributed by atoms with Crippen molar-refractivity contribution in [3.05, 3.63) is 44.6 Å². The molecule has 0 aliphatic rings. The van der Waals surface area contributed by atoms with Crippen LogP contribution in [0.2, 0.25) is 5.02 Å². The number of benzene rings is 1. The van der Waals surface area contributed by atoms with Gasteiger partial charge in [-0.3, -0.25) is 4.68 Å². The number of halogens is 2. The van der Waals surface area contributed by atoms with Gasteiger partial charge in [-0.2, -0.15) is 5.10 Å². The number of aromatic carboxylic acids is 1. The molecule has 2 rings (SSSR count). The normalized spacial score (nSPS) is 10.7. The van der Waals surface area contributed by atoms with Gasteiger partial charge in [-0.05, 0) is 32.0 Å². The summed E-state index contributed by atoms with van der Waals surface area (Å²) < 4.78 is 8.06. The summed E-state index contributed by atoms with van der Waals surface area (Å²) in [5.74, 6) is -0.749. The van der Waals surface area contributed by atoms with Gasteiger partial charge >= 0.3 is 5.97 Å². The molecule has 0 fully saturated rings. The van der Waals surface area contributed by atoms with E-state index in [1.165, 1.54) is 6.07 Å². The minimum absolute atomic E-state index is 0.0970. The van der Waals surface area contributed by atoms with Gasteiger partial charge in [0.05, 0.1) is 16.4 Å². The van der Waals surface area contributed by atoms with Crippen LogP contribution in [0.5, 0.6) is 5.75 Å². The first-order valence-corrected chi connectivity index (χ1v) is 7.48. The molecule has 0 atom stereocenters. The molecule has 0 spiro atoms. The summed E-state index contributed by atoms with van der Waals surface area (Å²) >= 11 is 9.44. The highest BCUT2D eigenvalue weighted by molar-refractivity contribution is 9.10. The standard InChI is InChI=1S/C14H14BrClN2O3/c1-3-18-11(13(16)8(2)17-18)7-21-12-5-4-9(15)6-10(12)14(19)20/h4-6H,3,7H2,1-2H3,(H,19,20). The summed E-state index contributed by atoms with van der Waals surface area (Å²) in [6.45, 7) is 4.60. The van der Waals surface area contributed by atoms with Crippen molar-refractivity contribution < 1.29 is 14.6 Å². The molecule has 0 aliphatic carbocycles. The number of ether oxygens (including phenoxy) is 1. The van der Waals surface area contributed by atoms with Crippen LogP contribution >= 0.6 is 27.5 Å². The molecular weight excluding hydrogens is 360 g/mol. The number of carboxylic acid groups (broad SMARTS) is 1. The van der Waals surface area contributed by atoms with Crippen LogP contribution in [0.1, 0.15) is 28.7 Å². The van der Waals surface area contributed by atoms with E-state index in [0.717, 1.165) is 11.4 Å². The van der Waals surface area contributed by atoms with Gasteiger partial charge in [0.1, 0.15) is 17.9 Å². The Morgan fingerprint density at radius 2 is 2.24 bits per heavy atom. The van der Waals surface area contributed by atoms with Gasteiger partial charge in [0.25, 0.3) is 0 Å². The van der Waals surface area contributed by atoms with Gasteiger partial charge in [0, 0.05) is 11.0 Å². The van der Waals surface area contributed by atoms with E-state index in [1.807, 2.05) is 13.8 Å². The average molecular weight is 374 g/mol. The number of nitrogens with zero attached hydrogens (tertiary/aromatic N) is 2. The average Bonchev–Trinajstić information content (AvgIpc) is 2.72. The van der Waals surface area contributed by atoms with Crippen LogP contribution in [-0.2, 0) is 13.2 Å². The first kappa shape index (κ1) is 15.9. The second-order valence-corrected chi connectivity index (χ2v) is 5.69. The van der Waals surface area contributed by atoms with Crippen molar-refractivity contribution in [2.75, 3.05) is 0 Å². The van der Waals surface area contributed by atoms with Crippen molar-refractivity contribution in [3.8, 4) is 5.75 Å². The van der Waals surface area contributed by atoms with Gasteiger partial charge in [0.15, 0.2) is 0 Å². The summed E-state index contributed by atoms with van der Waals surface area (Å²) in [7, 11) is 0. The predicted octanol–water partition coefficient (Wildman–Crippen LogP) is 3.90. The van der Waals surface area contributed by atoms with Crippen LogP contribution in [0.4, 0.5) is 0 Å². The van der Waals surface area contributed by atoms with E-state index in [-0.39, 0.29) is 12.2 Å². The number of aryl methyl sites for hydroxylation is 2. The molecule has 0 aliphatic heterocycles. The Balaban J connectivity index is 2.27. The third kappa shape index (κ3) is 3.39. The van der Waals surface area contributed by atoms with Crippen LogP contribution < -0.4 is 4.74 Å². The highest BCUT2D eigenvalue weighted by atomic mass is 79.9. The lowest BCUT2D eigenvalue weighted by atomic mass is 10.2. The van der Waals surface area contributed by atoms with Crippen LogP contribution in [0.3, 0.4) is 0 Å². The number of hydrogen-bond donors (Lipinski definition) is 1. The lowest BCUT2D eigenvalue weighted by Gasteiger charge is -2.11. The maximum absolute atomic E-state index is 11.2. The number of carboxylic acids is 1. The summed E-state index contributed by atoms with van der Waals surface area (Å²) in [4.78, 5) is 11.2. The molecule has 5 nitrogen and oxygen atoms in total. The topological polar surface area (TPSA) is 64.4 Å². The molecule has 0 unspecified atom stereocenters. The van der Waals surface area contributed by atoms with Crippen LogP contribution in [-0.4, -0.2) is 20.9 Å². The fraction of sp³-hybridized carbons (Fsp3) is 0.286. The van der Waals surface area contributed by atoms with Gasteiger partial charge < -0.3 is 9.84 Å². The second-order valence-electron chi connectivity index (χ2n) is 4.40. The number of carbonyl (C=O) groups is 1. The first-order chi connectivity index (χ1) is 9.93. The van der Waals surface area contributed by atoms with E-state index in [4.69, 9.17) is 16.3 Å². The molecule has 1 heterocycles. The zero-order valence-electron chi connectivity index (χ0n) is 11.6. The van der Waals surface area contributed by atoms with Crippen molar-refractivity contribution in [3.63, 3.8) is 0 Å². The van der Waals surface area contributed by atoms with Gasteiger partial charge in [-0.1, -0.05) is 27.5 Å². The van der Waals surface area contributed by atoms with E-state index in [1.54, 1.807) is 16.8 Å². The number of rotatable bonds is 5. The van der Waals surface area contributed by atoms with Crippen molar-refractivity contribution in [1.82, 2.24) is 9.78 Å².